The van der Waals surface area contributed by atoms with E-state index in [4.69, 9.17) is 18.9 Å². The van der Waals surface area contributed by atoms with E-state index in [1.165, 1.54) is 13.8 Å². The number of phenolic OH excluding ortho intramolecular Hbond substituents is 1. The maximum absolute atomic E-state index is 13.0. The number of carbonyl (C=O) groups excluding carboxylic acids is 3. The molecule has 2 heterocycles. The molecule has 0 aromatic heterocycles. The number of carbonyl (C=O) groups is 3. The molecular formula is C40H52O8. The molecule has 1 aromatic rings. The molecule has 4 saturated carbocycles. The molecule has 2 aliphatic heterocycles. The van der Waals surface area contributed by atoms with Crippen molar-refractivity contribution in [1.82, 2.24) is 0 Å². The van der Waals surface area contributed by atoms with E-state index in [-0.39, 0.29) is 74.9 Å². The molecule has 1 saturated heterocycles. The van der Waals surface area contributed by atoms with Gasteiger partial charge in [0.2, 0.25) is 0 Å². The maximum Gasteiger partial charge on any atom is 0.303 e. The molecule has 14 atom stereocenters. The number of esters is 2. The van der Waals surface area contributed by atoms with Gasteiger partial charge >= 0.3 is 11.9 Å². The topological polar surface area (TPSA) is 108 Å². The van der Waals surface area contributed by atoms with Gasteiger partial charge in [0.1, 0.15) is 17.6 Å². The Balaban J connectivity index is 1.20. The van der Waals surface area contributed by atoms with E-state index in [2.05, 4.69) is 40.7 Å². The molecule has 0 bridgehead atoms. The molecule has 0 radical (unpaired) electrons. The molecule has 3 unspecified atom stereocenters. The van der Waals surface area contributed by atoms with Crippen molar-refractivity contribution in [1.29, 1.82) is 0 Å². The van der Waals surface area contributed by atoms with Gasteiger partial charge in [0.05, 0.1) is 6.61 Å². The second-order valence-electron chi connectivity index (χ2n) is 17.5. The molecule has 1 aromatic carbocycles. The largest absolute Gasteiger partial charge is 0.508 e. The highest BCUT2D eigenvalue weighted by atomic mass is 16.7. The summed E-state index contributed by atoms with van der Waals surface area (Å²) in [5.74, 6) is -0.446. The minimum atomic E-state index is -1.24. The molecule has 260 valence electrons. The lowest BCUT2D eigenvalue weighted by atomic mass is 9.43. The molecule has 7 aliphatic rings. The number of fused-ring (bicyclic) bond motifs is 4. The molecule has 5 fully saturated rings. The van der Waals surface area contributed by atoms with Crippen LogP contribution in [0.3, 0.4) is 0 Å². The molecule has 8 heteroatoms. The SMILES string of the molecule is CC(=O)O[C@H]1C[C@@]2(C)[C@@H]3CC[C@H]4[C@H](C)C(=O)C=C[C@@]45C[C@@]35CC[C@]2(C)[C@H]1[C@H](C)[C@@H](OC(C)=O)C12OCC(C)C1Cc1ccc(O)cc1O2. The Morgan fingerprint density at radius 3 is 2.54 bits per heavy atom. The van der Waals surface area contributed by atoms with Crippen LogP contribution in [0.2, 0.25) is 0 Å². The summed E-state index contributed by atoms with van der Waals surface area (Å²) < 4.78 is 26.2. The van der Waals surface area contributed by atoms with Gasteiger partial charge in [-0.05, 0) is 102 Å². The highest BCUT2D eigenvalue weighted by molar-refractivity contribution is 5.93. The van der Waals surface area contributed by atoms with E-state index < -0.39 is 17.9 Å². The average Bonchev–Trinajstić information content (AvgIpc) is 3.50. The Hall–Kier alpha value is -2.87. The summed E-state index contributed by atoms with van der Waals surface area (Å²) in [6, 6.07) is 5.21. The van der Waals surface area contributed by atoms with Gasteiger partial charge in [0, 0.05) is 43.6 Å². The fraction of sp³-hybridized carbons (Fsp3) is 0.725. The van der Waals surface area contributed by atoms with E-state index in [9.17, 15) is 19.5 Å². The first-order chi connectivity index (χ1) is 22.6. The zero-order chi connectivity index (χ0) is 34.2. The Bertz CT molecular complexity index is 1600. The Morgan fingerprint density at radius 2 is 1.81 bits per heavy atom. The quantitative estimate of drug-likeness (QED) is 0.344. The van der Waals surface area contributed by atoms with Gasteiger partial charge in [-0.1, -0.05) is 46.8 Å². The summed E-state index contributed by atoms with van der Waals surface area (Å²) in [4.78, 5) is 38.6. The highest BCUT2D eigenvalue weighted by Gasteiger charge is 2.82. The maximum atomic E-state index is 13.0. The van der Waals surface area contributed by atoms with Crippen molar-refractivity contribution in [3.05, 3.63) is 35.9 Å². The second-order valence-corrected chi connectivity index (χ2v) is 17.5. The van der Waals surface area contributed by atoms with Crippen molar-refractivity contribution in [2.75, 3.05) is 6.61 Å². The van der Waals surface area contributed by atoms with Crippen molar-refractivity contribution in [2.45, 2.75) is 111 Å². The number of allylic oxidation sites excluding steroid dienone is 2. The van der Waals surface area contributed by atoms with Gasteiger partial charge in [0.25, 0.3) is 5.79 Å². The average molecular weight is 661 g/mol. The number of hydrogen-bond acceptors (Lipinski definition) is 8. The number of ketones is 1. The van der Waals surface area contributed by atoms with Crippen LogP contribution in [0.1, 0.15) is 92.6 Å². The predicted molar refractivity (Wildman–Crippen MR) is 177 cm³/mol. The molecule has 0 amide bonds. The summed E-state index contributed by atoms with van der Waals surface area (Å²) >= 11 is 0. The van der Waals surface area contributed by atoms with Crippen LogP contribution in [0.15, 0.2) is 30.4 Å². The lowest BCUT2D eigenvalue weighted by Gasteiger charge is -2.61. The van der Waals surface area contributed by atoms with E-state index in [1.807, 2.05) is 12.1 Å². The van der Waals surface area contributed by atoms with E-state index in [0.717, 1.165) is 44.1 Å². The lowest BCUT2D eigenvalue weighted by molar-refractivity contribution is -0.267. The normalized spacial score (nSPS) is 47.6. The summed E-state index contributed by atoms with van der Waals surface area (Å²) in [5, 5.41) is 10.4. The summed E-state index contributed by atoms with van der Waals surface area (Å²) in [5.41, 5.74) is 0.889. The van der Waals surface area contributed by atoms with Gasteiger partial charge in [-0.15, -0.1) is 0 Å². The summed E-state index contributed by atoms with van der Waals surface area (Å²) in [6.07, 6.45) is 9.76. The zero-order valence-electron chi connectivity index (χ0n) is 29.5. The molecule has 1 N–H and O–H groups in total. The lowest BCUT2D eigenvalue weighted by Crippen LogP contribution is -2.62. The van der Waals surface area contributed by atoms with E-state index in [0.29, 0.717) is 30.6 Å². The zero-order valence-corrected chi connectivity index (χ0v) is 29.5. The number of phenols is 1. The van der Waals surface area contributed by atoms with Crippen LogP contribution >= 0.6 is 0 Å². The fourth-order valence-corrected chi connectivity index (χ4v) is 13.5. The Kier molecular flexibility index (Phi) is 6.96. The third-order valence-electron chi connectivity index (χ3n) is 15.6. The summed E-state index contributed by atoms with van der Waals surface area (Å²) in [7, 11) is 0. The van der Waals surface area contributed by atoms with Crippen LogP contribution in [0.4, 0.5) is 0 Å². The van der Waals surface area contributed by atoms with Gasteiger partial charge in [0.15, 0.2) is 11.9 Å². The van der Waals surface area contributed by atoms with Gasteiger partial charge in [-0.2, -0.15) is 0 Å². The van der Waals surface area contributed by atoms with E-state index >= 15 is 0 Å². The third kappa shape index (κ3) is 4.01. The van der Waals surface area contributed by atoms with Crippen LogP contribution in [0.25, 0.3) is 0 Å². The van der Waals surface area contributed by atoms with Crippen molar-refractivity contribution in [2.24, 2.45) is 63.1 Å². The van der Waals surface area contributed by atoms with Gasteiger partial charge < -0.3 is 24.1 Å². The molecular weight excluding hydrogens is 608 g/mol. The smallest absolute Gasteiger partial charge is 0.303 e. The Labute approximate surface area is 284 Å². The first-order valence-corrected chi connectivity index (χ1v) is 18.3. The van der Waals surface area contributed by atoms with Crippen LogP contribution in [0.5, 0.6) is 11.5 Å². The first-order valence-electron chi connectivity index (χ1n) is 18.3. The van der Waals surface area contributed by atoms with Crippen molar-refractivity contribution in [3.8, 4) is 11.5 Å². The van der Waals surface area contributed by atoms with Crippen molar-refractivity contribution in [3.63, 3.8) is 0 Å². The number of hydrogen-bond donors (Lipinski definition) is 1. The molecule has 8 nitrogen and oxygen atoms in total. The second kappa shape index (κ2) is 10.3. The van der Waals surface area contributed by atoms with Crippen molar-refractivity contribution < 1.29 is 38.4 Å². The molecule has 2 spiro atoms. The number of aromatic hydroxyl groups is 1. The van der Waals surface area contributed by atoms with Crippen LogP contribution in [-0.2, 0) is 35.0 Å². The highest BCUT2D eigenvalue weighted by Crippen LogP contribution is 2.87. The van der Waals surface area contributed by atoms with Crippen LogP contribution in [-0.4, -0.2) is 47.4 Å². The van der Waals surface area contributed by atoms with Gasteiger partial charge in [-0.3, -0.25) is 14.4 Å². The summed E-state index contributed by atoms with van der Waals surface area (Å²) in [6.45, 7) is 14.7. The fourth-order valence-electron chi connectivity index (χ4n) is 13.5. The molecule has 5 aliphatic carbocycles. The van der Waals surface area contributed by atoms with Gasteiger partial charge in [-0.25, -0.2) is 0 Å². The number of benzene rings is 1. The number of ether oxygens (including phenoxy) is 4. The van der Waals surface area contributed by atoms with Crippen LogP contribution in [0, 0.1) is 63.1 Å². The molecule has 8 rings (SSSR count). The minimum absolute atomic E-state index is 0.0645. The first kappa shape index (κ1) is 32.3. The van der Waals surface area contributed by atoms with Crippen molar-refractivity contribution >= 4 is 17.7 Å². The minimum Gasteiger partial charge on any atom is -0.508 e. The Morgan fingerprint density at radius 1 is 1.04 bits per heavy atom. The third-order valence-corrected chi connectivity index (χ3v) is 15.6. The standard InChI is InChI=1S/C40H52O8/c1-21-19-45-40(29(21)16-26-8-9-27(43)17-31(26)48-40)35(47-25(5)42)23(3)34-32(46-24(4)41)18-37(7)33-11-10-28-22(2)30(44)12-13-38(28)20-39(33,38)15-14-36(34,37)6/h8-9,12-13,17,21-23,28-29,32-35,43H,10-11,14-16,18-20H2,1-7H3/t21?,22-,23-,28-,29?,32-,33-,34-,35+,36+,37-,38+,39-,40?/m0/s1. The van der Waals surface area contributed by atoms with E-state index in [1.54, 1.807) is 12.1 Å². The van der Waals surface area contributed by atoms with Crippen LogP contribution < -0.4 is 4.74 Å². The molecule has 48 heavy (non-hydrogen) atoms. The predicted octanol–water partition coefficient (Wildman–Crippen LogP) is 6.81. The number of rotatable bonds is 5. The monoisotopic (exact) mass is 660 g/mol.